The van der Waals surface area contributed by atoms with Gasteiger partial charge in [-0.25, -0.2) is 9.98 Å². The van der Waals surface area contributed by atoms with Crippen LogP contribution in [0.15, 0.2) is 59.6 Å². The van der Waals surface area contributed by atoms with E-state index in [1.54, 1.807) is 7.11 Å². The van der Waals surface area contributed by atoms with Gasteiger partial charge in [0.05, 0.1) is 18.2 Å². The maximum Gasteiger partial charge on any atom is 0.256 e. The second kappa shape index (κ2) is 9.26. The van der Waals surface area contributed by atoms with Gasteiger partial charge in [-0.2, -0.15) is 0 Å². The van der Waals surface area contributed by atoms with Gasteiger partial charge in [-0.15, -0.1) is 0 Å². The molecule has 1 atom stereocenters. The summed E-state index contributed by atoms with van der Waals surface area (Å²) < 4.78 is 5.36. The average molecular weight is 486 g/mol. The zero-order chi connectivity index (χ0) is 25.4. The lowest BCUT2D eigenvalue weighted by Gasteiger charge is -2.36. The first-order valence-corrected chi connectivity index (χ1v) is 12.3. The highest BCUT2D eigenvalue weighted by Gasteiger charge is 2.43. The normalized spacial score (nSPS) is 20.0. The van der Waals surface area contributed by atoms with Crippen molar-refractivity contribution in [2.45, 2.75) is 26.3 Å². The number of ether oxygens (including phenoxy) is 1. The summed E-state index contributed by atoms with van der Waals surface area (Å²) >= 11 is 0. The Kier molecular flexibility index (Phi) is 6.12. The Morgan fingerprint density at radius 1 is 1.06 bits per heavy atom. The molecule has 0 unspecified atom stereocenters. The van der Waals surface area contributed by atoms with Gasteiger partial charge in [0.15, 0.2) is 5.84 Å². The number of nitrogens with zero attached hydrogens (tertiary/aromatic N) is 4. The van der Waals surface area contributed by atoms with E-state index in [4.69, 9.17) is 14.7 Å². The van der Waals surface area contributed by atoms with Crippen LogP contribution in [0.2, 0.25) is 0 Å². The Bertz CT molecular complexity index is 1360. The van der Waals surface area contributed by atoms with Crippen LogP contribution in [0.4, 0.5) is 5.69 Å². The van der Waals surface area contributed by atoms with E-state index in [0.29, 0.717) is 43.3 Å². The van der Waals surface area contributed by atoms with Crippen molar-refractivity contribution >= 4 is 34.2 Å². The van der Waals surface area contributed by atoms with Crippen molar-refractivity contribution in [3.05, 3.63) is 65.9 Å². The number of amides is 2. The largest absolute Gasteiger partial charge is 0.497 e. The third-order valence-corrected chi connectivity index (χ3v) is 7.32. The van der Waals surface area contributed by atoms with Gasteiger partial charge >= 0.3 is 0 Å². The van der Waals surface area contributed by atoms with Crippen LogP contribution >= 0.6 is 0 Å². The fourth-order valence-corrected chi connectivity index (χ4v) is 4.65. The molecule has 1 aromatic heterocycles. The van der Waals surface area contributed by atoms with E-state index in [2.05, 4.69) is 16.3 Å². The Balaban J connectivity index is 1.45. The Morgan fingerprint density at radius 2 is 1.81 bits per heavy atom. The summed E-state index contributed by atoms with van der Waals surface area (Å²) in [5.74, 6) is 0.890. The molecule has 5 rings (SSSR count). The summed E-state index contributed by atoms with van der Waals surface area (Å²) in [5.41, 5.74) is 1.81. The lowest BCUT2D eigenvalue weighted by molar-refractivity contribution is -0.124. The van der Waals surface area contributed by atoms with Gasteiger partial charge in [-0.05, 0) is 37.1 Å². The van der Waals surface area contributed by atoms with Crippen molar-refractivity contribution in [3.63, 3.8) is 0 Å². The summed E-state index contributed by atoms with van der Waals surface area (Å²) in [6.45, 7) is 8.31. The second-order valence-corrected chi connectivity index (χ2v) is 9.77. The number of rotatable bonds is 5. The Hall–Kier alpha value is -3.94. The molecule has 3 heterocycles. The minimum absolute atomic E-state index is 0.000652. The topological polar surface area (TPSA) is 87.1 Å². The quantitative estimate of drug-likeness (QED) is 0.598. The molecule has 0 saturated carbocycles. The fourth-order valence-electron chi connectivity index (χ4n) is 4.65. The number of pyridine rings is 1. The van der Waals surface area contributed by atoms with Gasteiger partial charge < -0.3 is 19.9 Å². The predicted molar refractivity (Wildman–Crippen MR) is 141 cm³/mol. The number of nitrogens with one attached hydrogen (secondary N) is 1. The number of aromatic nitrogens is 1. The Labute approximate surface area is 211 Å². The highest BCUT2D eigenvalue weighted by Crippen LogP contribution is 2.29. The van der Waals surface area contributed by atoms with Crippen LogP contribution in [0, 0.1) is 5.92 Å². The van der Waals surface area contributed by atoms with Crippen molar-refractivity contribution < 1.29 is 14.3 Å². The number of hydrogen-bond donors (Lipinski definition) is 1. The highest BCUT2D eigenvalue weighted by molar-refractivity contribution is 6.19. The van der Waals surface area contributed by atoms with Crippen LogP contribution in [0.1, 0.15) is 36.8 Å². The van der Waals surface area contributed by atoms with Crippen LogP contribution in [-0.4, -0.2) is 66.4 Å². The van der Waals surface area contributed by atoms with Crippen molar-refractivity contribution in [1.29, 1.82) is 0 Å². The van der Waals surface area contributed by atoms with Crippen molar-refractivity contribution in [3.8, 4) is 5.75 Å². The van der Waals surface area contributed by atoms with E-state index in [0.717, 1.165) is 22.3 Å². The first-order valence-electron chi connectivity index (χ1n) is 12.3. The van der Waals surface area contributed by atoms with Crippen LogP contribution in [0.3, 0.4) is 0 Å². The molecular weight excluding hydrogens is 454 g/mol. The molecule has 186 valence electrons. The third-order valence-electron chi connectivity index (χ3n) is 7.32. The highest BCUT2D eigenvalue weighted by atomic mass is 16.5. The number of methoxy groups -OCH3 is 1. The number of piperazine rings is 1. The van der Waals surface area contributed by atoms with Crippen LogP contribution in [-0.2, 0) is 4.79 Å². The van der Waals surface area contributed by atoms with Gasteiger partial charge in [0.25, 0.3) is 11.8 Å². The number of aliphatic imine (C=N–C) groups is 1. The van der Waals surface area contributed by atoms with Crippen molar-refractivity contribution in [1.82, 2.24) is 15.2 Å². The van der Waals surface area contributed by atoms with E-state index >= 15 is 0 Å². The van der Waals surface area contributed by atoms with Gasteiger partial charge in [0.2, 0.25) is 0 Å². The van der Waals surface area contributed by atoms with Crippen LogP contribution < -0.4 is 15.0 Å². The van der Waals surface area contributed by atoms with E-state index in [1.165, 1.54) is 0 Å². The predicted octanol–water partition coefficient (Wildman–Crippen LogP) is 3.50. The lowest BCUT2D eigenvalue weighted by atomic mass is 9.89. The number of amidine groups is 1. The molecular formula is C28H31N5O3. The average Bonchev–Trinajstić information content (AvgIpc) is 3.22. The van der Waals surface area contributed by atoms with E-state index in [-0.39, 0.29) is 17.7 Å². The van der Waals surface area contributed by atoms with Crippen LogP contribution in [0.25, 0.3) is 10.9 Å². The van der Waals surface area contributed by atoms with Gasteiger partial charge in [-0.3, -0.25) is 9.59 Å². The molecule has 8 nitrogen and oxygen atoms in total. The SMILES string of the molecule is COc1cccc(N2CCN(C(=O)c3cc4ccccc4nc3C3=N[C@@](C)(C(C)C)C(=O)N3)CC2)c1. The maximum atomic E-state index is 13.8. The maximum absolute atomic E-state index is 13.8. The minimum atomic E-state index is -0.897. The number of benzene rings is 2. The number of fused-ring (bicyclic) bond motifs is 1. The van der Waals surface area contributed by atoms with Gasteiger partial charge in [0.1, 0.15) is 17.0 Å². The summed E-state index contributed by atoms with van der Waals surface area (Å²) in [4.78, 5) is 40.3. The van der Waals surface area contributed by atoms with E-state index in [9.17, 15) is 9.59 Å². The molecule has 0 radical (unpaired) electrons. The van der Waals surface area contributed by atoms with Gasteiger partial charge in [-0.1, -0.05) is 38.1 Å². The van der Waals surface area contributed by atoms with E-state index < -0.39 is 5.54 Å². The number of hydrogen-bond acceptors (Lipinski definition) is 6. The first kappa shape index (κ1) is 23.8. The van der Waals surface area contributed by atoms with Crippen molar-refractivity contribution in [2.75, 3.05) is 38.2 Å². The van der Waals surface area contributed by atoms with Crippen molar-refractivity contribution in [2.24, 2.45) is 10.9 Å². The molecule has 2 aromatic carbocycles. The molecule has 1 fully saturated rings. The zero-order valence-corrected chi connectivity index (χ0v) is 21.1. The molecule has 2 aliphatic rings. The molecule has 36 heavy (non-hydrogen) atoms. The molecule has 1 saturated heterocycles. The lowest BCUT2D eigenvalue weighted by Crippen LogP contribution is -2.49. The smallest absolute Gasteiger partial charge is 0.256 e. The molecule has 2 amide bonds. The number of carbonyl (C=O) groups excluding carboxylic acids is 2. The molecule has 0 spiro atoms. The standard InChI is InChI=1S/C28H31N5O3/c1-18(2)28(3)27(35)30-25(31-28)24-22(16-19-8-5-6-11-23(19)29-24)26(34)33-14-12-32(13-15-33)20-9-7-10-21(17-20)36-4/h5-11,16-18H,12-15H2,1-4H3,(H,30,31,35)/t28-/m0/s1. The molecule has 0 bridgehead atoms. The Morgan fingerprint density at radius 3 is 2.50 bits per heavy atom. The monoisotopic (exact) mass is 485 g/mol. The third kappa shape index (κ3) is 4.17. The summed E-state index contributed by atoms with van der Waals surface area (Å²) in [7, 11) is 1.66. The number of para-hydroxylation sites is 1. The second-order valence-electron chi connectivity index (χ2n) is 9.77. The summed E-state index contributed by atoms with van der Waals surface area (Å²) in [6, 6.07) is 17.5. The summed E-state index contributed by atoms with van der Waals surface area (Å²) in [5, 5.41) is 3.77. The molecule has 8 heteroatoms. The number of carbonyl (C=O) groups is 2. The molecule has 3 aromatic rings. The first-order chi connectivity index (χ1) is 17.3. The summed E-state index contributed by atoms with van der Waals surface area (Å²) in [6.07, 6.45) is 0. The molecule has 1 N–H and O–H groups in total. The fraction of sp³-hybridized carbons (Fsp3) is 0.357. The molecule has 2 aliphatic heterocycles. The number of anilines is 1. The van der Waals surface area contributed by atoms with Gasteiger partial charge in [0, 0.05) is 43.3 Å². The van der Waals surface area contributed by atoms with E-state index in [1.807, 2.05) is 74.2 Å². The molecule has 0 aliphatic carbocycles. The zero-order valence-electron chi connectivity index (χ0n) is 21.1. The minimum Gasteiger partial charge on any atom is -0.497 e. The van der Waals surface area contributed by atoms with Crippen LogP contribution in [0.5, 0.6) is 5.75 Å².